The molecule has 3 saturated carbocycles. The van der Waals surface area contributed by atoms with Crippen molar-refractivity contribution in [3.63, 3.8) is 0 Å². The van der Waals surface area contributed by atoms with Crippen LogP contribution < -0.4 is 0 Å². The summed E-state index contributed by atoms with van der Waals surface area (Å²) in [7, 11) is 0. The van der Waals surface area contributed by atoms with Crippen LogP contribution in [-0.4, -0.2) is 18.4 Å². The third kappa shape index (κ3) is 1.04. The van der Waals surface area contributed by atoms with Crippen LogP contribution in [0.5, 0.6) is 0 Å². The number of carbonyl (C=O) groups is 2. The van der Waals surface area contributed by atoms with Gasteiger partial charge in [0.1, 0.15) is 5.78 Å². The fraction of sp³-hybridized carbons (Fsp3) is 0.818. The van der Waals surface area contributed by atoms with E-state index >= 15 is 0 Å². The van der Waals surface area contributed by atoms with E-state index in [2.05, 4.69) is 0 Å². The lowest BCUT2D eigenvalue weighted by Crippen LogP contribution is -2.47. The fourth-order valence-electron chi connectivity index (χ4n) is 3.03. The van der Waals surface area contributed by atoms with Crippen LogP contribution in [0.1, 0.15) is 39.5 Å². The van der Waals surface area contributed by atoms with Gasteiger partial charge in [0.2, 0.25) is 0 Å². The van der Waals surface area contributed by atoms with Crippen molar-refractivity contribution in [2.45, 2.75) is 39.5 Å². The number of fused-ring (bicyclic) bond motifs is 1. The Bertz CT molecular complexity index is 287. The molecular weight excluding hydrogens is 180 g/mol. The average molecular weight is 196 g/mol. The Hall–Kier alpha value is -0.860. The van der Waals surface area contributed by atoms with E-state index in [1.165, 1.54) is 0 Å². The molecule has 3 rings (SSSR count). The fourth-order valence-corrected chi connectivity index (χ4v) is 3.03. The van der Waals surface area contributed by atoms with Gasteiger partial charge in [-0.2, -0.15) is 0 Å². The Labute approximate surface area is 83.8 Å². The number of hydrogen-bond donors (Lipinski definition) is 0. The highest BCUT2D eigenvalue weighted by Crippen LogP contribution is 2.67. The highest BCUT2D eigenvalue weighted by Gasteiger charge is 2.67. The van der Waals surface area contributed by atoms with Crippen molar-refractivity contribution >= 4 is 11.8 Å². The number of hydrogen-bond acceptors (Lipinski definition) is 3. The first kappa shape index (κ1) is 9.69. The van der Waals surface area contributed by atoms with Crippen molar-refractivity contribution in [2.75, 3.05) is 6.61 Å². The van der Waals surface area contributed by atoms with Gasteiger partial charge in [0.05, 0.1) is 12.0 Å². The van der Waals surface area contributed by atoms with Gasteiger partial charge in [-0.05, 0) is 39.5 Å². The zero-order chi connectivity index (χ0) is 10.4. The molecule has 3 aliphatic rings. The van der Waals surface area contributed by atoms with Crippen molar-refractivity contribution < 1.29 is 14.3 Å². The molecule has 0 amide bonds. The van der Waals surface area contributed by atoms with Gasteiger partial charge in [0.25, 0.3) is 0 Å². The van der Waals surface area contributed by atoms with Crippen LogP contribution in [0, 0.1) is 10.8 Å². The quantitative estimate of drug-likeness (QED) is 0.645. The number of ketones is 1. The third-order valence-corrected chi connectivity index (χ3v) is 3.89. The van der Waals surface area contributed by atoms with E-state index in [0.717, 1.165) is 25.7 Å². The summed E-state index contributed by atoms with van der Waals surface area (Å²) in [5, 5.41) is 0. The molecule has 78 valence electrons. The van der Waals surface area contributed by atoms with Crippen LogP contribution in [0.3, 0.4) is 0 Å². The molecule has 0 spiro atoms. The molecular formula is C11H16O3. The largest absolute Gasteiger partial charge is 0.466 e. The number of Topliss-reactive ketones (excluding diaryl/α,β-unsaturated/α-hetero) is 1. The van der Waals surface area contributed by atoms with Crippen molar-refractivity contribution in [3.05, 3.63) is 0 Å². The van der Waals surface area contributed by atoms with E-state index in [1.54, 1.807) is 6.92 Å². The molecule has 3 nitrogen and oxygen atoms in total. The SMILES string of the molecule is CCOC(=O)C12CCC(C(C)=O)(C1)C2. The number of ether oxygens (including phenoxy) is 1. The van der Waals surface area contributed by atoms with Gasteiger partial charge in [-0.15, -0.1) is 0 Å². The van der Waals surface area contributed by atoms with Gasteiger partial charge < -0.3 is 4.74 Å². The van der Waals surface area contributed by atoms with E-state index < -0.39 is 0 Å². The lowest BCUT2D eigenvalue weighted by molar-refractivity contribution is -0.165. The zero-order valence-electron chi connectivity index (χ0n) is 8.76. The molecule has 0 unspecified atom stereocenters. The van der Waals surface area contributed by atoms with Gasteiger partial charge >= 0.3 is 5.97 Å². The summed E-state index contributed by atoms with van der Waals surface area (Å²) in [6.07, 6.45) is 3.18. The monoisotopic (exact) mass is 196 g/mol. The topological polar surface area (TPSA) is 43.4 Å². The van der Waals surface area contributed by atoms with Crippen LogP contribution in [0.2, 0.25) is 0 Å². The van der Waals surface area contributed by atoms with Crippen LogP contribution >= 0.6 is 0 Å². The van der Waals surface area contributed by atoms with Gasteiger partial charge in [-0.3, -0.25) is 9.59 Å². The Morgan fingerprint density at radius 1 is 1.21 bits per heavy atom. The molecule has 0 radical (unpaired) electrons. The first-order valence-electron chi connectivity index (χ1n) is 5.23. The minimum Gasteiger partial charge on any atom is -0.466 e. The summed E-state index contributed by atoms with van der Waals surface area (Å²) < 4.78 is 5.04. The van der Waals surface area contributed by atoms with Crippen molar-refractivity contribution in [3.8, 4) is 0 Å². The molecule has 2 bridgehead atoms. The predicted octanol–water partition coefficient (Wildman–Crippen LogP) is 1.70. The molecule has 0 aromatic carbocycles. The molecule has 0 aromatic rings. The first-order chi connectivity index (χ1) is 6.55. The van der Waals surface area contributed by atoms with Crippen LogP contribution in [0.4, 0.5) is 0 Å². The Kier molecular flexibility index (Phi) is 1.95. The Morgan fingerprint density at radius 3 is 2.21 bits per heavy atom. The highest BCUT2D eigenvalue weighted by molar-refractivity contribution is 5.90. The van der Waals surface area contributed by atoms with Crippen LogP contribution in [0.15, 0.2) is 0 Å². The number of rotatable bonds is 3. The maximum absolute atomic E-state index is 11.6. The number of esters is 1. The second kappa shape index (κ2) is 2.81. The number of carbonyl (C=O) groups excluding carboxylic acids is 2. The molecule has 14 heavy (non-hydrogen) atoms. The normalized spacial score (nSPS) is 39.0. The van der Waals surface area contributed by atoms with Crippen molar-refractivity contribution in [1.29, 1.82) is 0 Å². The molecule has 0 saturated heterocycles. The van der Waals surface area contributed by atoms with Crippen LogP contribution in [0.25, 0.3) is 0 Å². The second-order valence-electron chi connectivity index (χ2n) is 4.69. The molecule has 3 heteroatoms. The Morgan fingerprint density at radius 2 is 1.79 bits per heavy atom. The summed E-state index contributed by atoms with van der Waals surface area (Å²) in [5.41, 5.74) is -0.450. The average Bonchev–Trinajstić information content (AvgIpc) is 2.58. The van der Waals surface area contributed by atoms with Crippen molar-refractivity contribution in [2.24, 2.45) is 10.8 Å². The summed E-state index contributed by atoms with van der Waals surface area (Å²) >= 11 is 0. The summed E-state index contributed by atoms with van der Waals surface area (Å²) in [4.78, 5) is 23.0. The van der Waals surface area contributed by atoms with Crippen molar-refractivity contribution in [1.82, 2.24) is 0 Å². The van der Waals surface area contributed by atoms with Gasteiger partial charge in [0, 0.05) is 5.41 Å². The standard InChI is InChI=1S/C11H16O3/c1-3-14-9(13)11-5-4-10(6-11,7-11)8(2)12/h3-7H2,1-2H3. The van der Waals surface area contributed by atoms with Gasteiger partial charge in [-0.1, -0.05) is 0 Å². The zero-order valence-corrected chi connectivity index (χ0v) is 8.76. The van der Waals surface area contributed by atoms with E-state index in [0.29, 0.717) is 6.61 Å². The lowest BCUT2D eigenvalue weighted by atomic mass is 9.59. The molecule has 0 aliphatic heterocycles. The maximum atomic E-state index is 11.6. The minimum absolute atomic E-state index is 0.0885. The maximum Gasteiger partial charge on any atom is 0.312 e. The van der Waals surface area contributed by atoms with Gasteiger partial charge in [0.15, 0.2) is 0 Å². The predicted molar refractivity (Wildman–Crippen MR) is 50.6 cm³/mol. The first-order valence-corrected chi connectivity index (χ1v) is 5.23. The Balaban J connectivity index is 2.07. The third-order valence-electron chi connectivity index (χ3n) is 3.89. The van der Waals surface area contributed by atoms with E-state index in [9.17, 15) is 9.59 Å². The molecule has 0 heterocycles. The summed E-state index contributed by atoms with van der Waals surface area (Å²) in [5.74, 6) is 0.157. The highest BCUT2D eigenvalue weighted by atomic mass is 16.5. The molecule has 0 atom stereocenters. The summed E-state index contributed by atoms with van der Waals surface area (Å²) in [6.45, 7) is 3.90. The summed E-state index contributed by atoms with van der Waals surface area (Å²) in [6, 6.07) is 0. The van der Waals surface area contributed by atoms with E-state index in [-0.39, 0.29) is 22.6 Å². The lowest BCUT2D eigenvalue weighted by Gasteiger charge is -2.43. The van der Waals surface area contributed by atoms with Crippen LogP contribution in [-0.2, 0) is 14.3 Å². The molecule has 0 aromatic heterocycles. The van der Waals surface area contributed by atoms with E-state index in [4.69, 9.17) is 4.74 Å². The van der Waals surface area contributed by atoms with Gasteiger partial charge in [-0.25, -0.2) is 0 Å². The second-order valence-corrected chi connectivity index (χ2v) is 4.69. The minimum atomic E-state index is -0.290. The molecule has 0 N–H and O–H groups in total. The smallest absolute Gasteiger partial charge is 0.312 e. The molecule has 3 aliphatic carbocycles. The van der Waals surface area contributed by atoms with E-state index in [1.807, 2.05) is 6.92 Å². The molecule has 3 fully saturated rings.